The molecule has 3 N–H and O–H groups in total. The second kappa shape index (κ2) is 8.98. The number of aliphatic hydroxyl groups excluding tert-OH is 1. The molecule has 2 aromatic rings. The van der Waals surface area contributed by atoms with Gasteiger partial charge in [0, 0.05) is 12.1 Å². The summed E-state index contributed by atoms with van der Waals surface area (Å²) in [4.78, 5) is 4.55. The third kappa shape index (κ3) is 5.03. The highest BCUT2D eigenvalue weighted by Gasteiger charge is 2.11. The lowest BCUT2D eigenvalue weighted by Gasteiger charge is -2.14. The van der Waals surface area contributed by atoms with Crippen molar-refractivity contribution >= 4 is 5.96 Å². The fourth-order valence-electron chi connectivity index (χ4n) is 2.26. The molecule has 24 heavy (non-hydrogen) atoms. The second-order valence-corrected chi connectivity index (χ2v) is 5.42. The van der Waals surface area contributed by atoms with Crippen LogP contribution in [0.4, 0.5) is 0 Å². The zero-order valence-electron chi connectivity index (χ0n) is 14.4. The summed E-state index contributed by atoms with van der Waals surface area (Å²) in [7, 11) is 1.66. The highest BCUT2D eigenvalue weighted by molar-refractivity contribution is 5.79. The van der Waals surface area contributed by atoms with E-state index in [1.54, 1.807) is 25.5 Å². The SMILES string of the molecule is CCNC(=NCc1ccc(C)cc1OC)NCC(O)c1ccco1. The van der Waals surface area contributed by atoms with Gasteiger partial charge in [0.1, 0.15) is 17.6 Å². The van der Waals surface area contributed by atoms with Crippen molar-refractivity contribution in [3.63, 3.8) is 0 Å². The molecule has 1 atom stereocenters. The predicted molar refractivity (Wildman–Crippen MR) is 94.2 cm³/mol. The first-order valence-corrected chi connectivity index (χ1v) is 8.01. The van der Waals surface area contributed by atoms with E-state index in [-0.39, 0.29) is 0 Å². The number of hydrogen-bond donors (Lipinski definition) is 3. The molecule has 1 aromatic heterocycles. The smallest absolute Gasteiger partial charge is 0.191 e. The molecule has 1 unspecified atom stereocenters. The summed E-state index contributed by atoms with van der Waals surface area (Å²) < 4.78 is 10.6. The Labute approximate surface area is 142 Å². The number of nitrogens with zero attached hydrogens (tertiary/aromatic N) is 1. The molecule has 2 rings (SSSR count). The van der Waals surface area contributed by atoms with Crippen LogP contribution in [0.25, 0.3) is 0 Å². The number of rotatable bonds is 7. The average molecular weight is 331 g/mol. The molecule has 1 heterocycles. The summed E-state index contributed by atoms with van der Waals surface area (Å²) in [6.07, 6.45) is 0.819. The lowest BCUT2D eigenvalue weighted by molar-refractivity contribution is 0.153. The first-order chi connectivity index (χ1) is 11.6. The number of guanidine groups is 1. The monoisotopic (exact) mass is 331 g/mol. The van der Waals surface area contributed by atoms with E-state index in [9.17, 15) is 5.11 Å². The fraction of sp³-hybridized carbons (Fsp3) is 0.389. The largest absolute Gasteiger partial charge is 0.496 e. The number of hydrogen-bond acceptors (Lipinski definition) is 4. The summed E-state index contributed by atoms with van der Waals surface area (Å²) >= 11 is 0. The summed E-state index contributed by atoms with van der Waals surface area (Å²) in [5.41, 5.74) is 2.15. The molecule has 0 amide bonds. The average Bonchev–Trinajstić information content (AvgIpc) is 3.12. The van der Waals surface area contributed by atoms with Crippen molar-refractivity contribution in [1.29, 1.82) is 0 Å². The maximum absolute atomic E-state index is 10.1. The lowest BCUT2D eigenvalue weighted by Crippen LogP contribution is -2.39. The Morgan fingerprint density at radius 2 is 2.17 bits per heavy atom. The Kier molecular flexibility index (Phi) is 6.69. The molecule has 0 spiro atoms. The molecular formula is C18H25N3O3. The number of aliphatic imine (C=N–C) groups is 1. The molecule has 6 nitrogen and oxygen atoms in total. The maximum Gasteiger partial charge on any atom is 0.191 e. The molecule has 0 aliphatic rings. The minimum Gasteiger partial charge on any atom is -0.496 e. The van der Waals surface area contributed by atoms with Crippen LogP contribution in [0.1, 0.15) is 29.9 Å². The molecule has 0 radical (unpaired) electrons. The maximum atomic E-state index is 10.1. The molecule has 1 aromatic carbocycles. The molecule has 0 saturated heterocycles. The van der Waals surface area contributed by atoms with E-state index >= 15 is 0 Å². The van der Waals surface area contributed by atoms with E-state index in [1.165, 1.54) is 0 Å². The predicted octanol–water partition coefficient (Wildman–Crippen LogP) is 2.39. The van der Waals surface area contributed by atoms with E-state index in [1.807, 2.05) is 32.0 Å². The summed E-state index contributed by atoms with van der Waals surface area (Å²) in [6.45, 7) is 5.54. The van der Waals surface area contributed by atoms with Crippen molar-refractivity contribution in [3.05, 3.63) is 53.5 Å². The summed E-state index contributed by atoms with van der Waals surface area (Å²) in [5, 5.41) is 16.3. The Morgan fingerprint density at radius 3 is 2.83 bits per heavy atom. The molecule has 0 fully saturated rings. The van der Waals surface area contributed by atoms with Crippen molar-refractivity contribution in [1.82, 2.24) is 10.6 Å². The van der Waals surface area contributed by atoms with Crippen LogP contribution in [0.3, 0.4) is 0 Å². The molecular weight excluding hydrogens is 306 g/mol. The van der Waals surface area contributed by atoms with Gasteiger partial charge in [0.2, 0.25) is 0 Å². The van der Waals surface area contributed by atoms with Gasteiger partial charge in [0.05, 0.1) is 26.5 Å². The molecule has 130 valence electrons. The van der Waals surface area contributed by atoms with Crippen LogP contribution in [-0.4, -0.2) is 31.3 Å². The van der Waals surface area contributed by atoms with Crippen LogP contribution in [0.15, 0.2) is 46.0 Å². The van der Waals surface area contributed by atoms with Gasteiger partial charge in [-0.15, -0.1) is 0 Å². The van der Waals surface area contributed by atoms with Gasteiger partial charge in [-0.2, -0.15) is 0 Å². The molecule has 0 aliphatic heterocycles. The summed E-state index contributed by atoms with van der Waals surface area (Å²) in [5.74, 6) is 1.98. The van der Waals surface area contributed by atoms with E-state index < -0.39 is 6.10 Å². The number of benzene rings is 1. The molecule has 0 bridgehead atoms. The normalized spacial score (nSPS) is 12.8. The van der Waals surface area contributed by atoms with Gasteiger partial charge in [-0.25, -0.2) is 4.99 Å². The van der Waals surface area contributed by atoms with Crippen LogP contribution in [0, 0.1) is 6.92 Å². The van der Waals surface area contributed by atoms with Gasteiger partial charge < -0.3 is 24.9 Å². The van der Waals surface area contributed by atoms with Crippen molar-refractivity contribution in [2.75, 3.05) is 20.2 Å². The van der Waals surface area contributed by atoms with Crippen LogP contribution < -0.4 is 15.4 Å². The minimum atomic E-state index is -0.724. The standard InChI is InChI=1S/C18H25N3O3/c1-4-19-18(21-12-15(22)16-6-5-9-24-16)20-11-14-8-7-13(2)10-17(14)23-3/h5-10,15,22H,4,11-12H2,1-3H3,(H2,19,20,21). The van der Waals surface area contributed by atoms with Gasteiger partial charge in [-0.3, -0.25) is 0 Å². The van der Waals surface area contributed by atoms with Crippen LogP contribution in [0.2, 0.25) is 0 Å². The number of aliphatic hydroxyl groups is 1. The molecule has 0 aliphatic carbocycles. The van der Waals surface area contributed by atoms with E-state index in [0.717, 1.165) is 23.4 Å². The third-order valence-electron chi connectivity index (χ3n) is 3.53. The Balaban J connectivity index is 2.00. The van der Waals surface area contributed by atoms with Gasteiger partial charge in [-0.05, 0) is 37.6 Å². The fourth-order valence-corrected chi connectivity index (χ4v) is 2.26. The van der Waals surface area contributed by atoms with Crippen molar-refractivity contribution in [2.45, 2.75) is 26.5 Å². The minimum absolute atomic E-state index is 0.310. The van der Waals surface area contributed by atoms with Gasteiger partial charge in [0.15, 0.2) is 5.96 Å². The highest BCUT2D eigenvalue weighted by atomic mass is 16.5. The number of ether oxygens (including phenoxy) is 1. The van der Waals surface area contributed by atoms with E-state index in [4.69, 9.17) is 9.15 Å². The zero-order chi connectivity index (χ0) is 17.4. The number of nitrogens with one attached hydrogen (secondary N) is 2. The Morgan fingerprint density at radius 1 is 1.33 bits per heavy atom. The van der Waals surface area contributed by atoms with E-state index in [0.29, 0.717) is 24.8 Å². The number of aryl methyl sites for hydroxylation is 1. The highest BCUT2D eigenvalue weighted by Crippen LogP contribution is 2.20. The lowest BCUT2D eigenvalue weighted by atomic mass is 10.1. The Hall–Kier alpha value is -2.47. The molecule has 0 saturated carbocycles. The van der Waals surface area contributed by atoms with E-state index in [2.05, 4.69) is 15.6 Å². The van der Waals surface area contributed by atoms with Crippen LogP contribution in [0.5, 0.6) is 5.75 Å². The van der Waals surface area contributed by atoms with Crippen LogP contribution in [-0.2, 0) is 6.54 Å². The molecule has 6 heteroatoms. The number of furan rings is 1. The third-order valence-corrected chi connectivity index (χ3v) is 3.53. The zero-order valence-corrected chi connectivity index (χ0v) is 14.4. The van der Waals surface area contributed by atoms with Gasteiger partial charge in [0.25, 0.3) is 0 Å². The topological polar surface area (TPSA) is 79.0 Å². The first kappa shape index (κ1) is 17.9. The second-order valence-electron chi connectivity index (χ2n) is 5.42. The van der Waals surface area contributed by atoms with Crippen molar-refractivity contribution in [3.8, 4) is 5.75 Å². The first-order valence-electron chi connectivity index (χ1n) is 8.01. The summed E-state index contributed by atoms with van der Waals surface area (Å²) in [6, 6.07) is 9.54. The number of methoxy groups -OCH3 is 1. The quantitative estimate of drug-likeness (QED) is 0.536. The van der Waals surface area contributed by atoms with Crippen LogP contribution >= 0.6 is 0 Å². The van der Waals surface area contributed by atoms with Crippen molar-refractivity contribution in [2.24, 2.45) is 4.99 Å². The van der Waals surface area contributed by atoms with Crippen molar-refractivity contribution < 1.29 is 14.3 Å². The Bertz CT molecular complexity index is 654. The van der Waals surface area contributed by atoms with Gasteiger partial charge in [-0.1, -0.05) is 12.1 Å². The van der Waals surface area contributed by atoms with Gasteiger partial charge >= 0.3 is 0 Å².